The molecule has 21 heavy (non-hydrogen) atoms. The fraction of sp³-hybridized carbons (Fsp3) is 0.833. The Hall–Kier alpha value is -1.58. The van der Waals surface area contributed by atoms with Crippen molar-refractivity contribution in [2.75, 3.05) is 52.5 Å². The number of ether oxygens (including phenoxy) is 1. The molecule has 0 aromatic carbocycles. The summed E-state index contributed by atoms with van der Waals surface area (Å²) in [5, 5.41) is 14.9. The van der Waals surface area contributed by atoms with Gasteiger partial charge in [0.25, 0.3) is 0 Å². The second-order valence-corrected chi connectivity index (χ2v) is 5.27. The van der Waals surface area contributed by atoms with E-state index in [0.29, 0.717) is 6.54 Å². The number of hydrogen-bond donors (Lipinski definition) is 1. The second-order valence-electron chi connectivity index (χ2n) is 5.27. The number of carbonyl (C=O) groups excluding carboxylic acids is 1. The first kappa shape index (κ1) is 14.4. The molecule has 2 saturated heterocycles. The van der Waals surface area contributed by atoms with E-state index in [1.165, 1.54) is 0 Å². The molecule has 2 fully saturated rings. The number of nitrogens with zero attached hydrogens (tertiary/aromatic N) is 6. The van der Waals surface area contributed by atoms with Crippen LogP contribution in [0.5, 0.6) is 0 Å². The van der Waals surface area contributed by atoms with Crippen molar-refractivity contribution in [1.82, 2.24) is 35.3 Å². The molecule has 0 bridgehead atoms. The van der Waals surface area contributed by atoms with Gasteiger partial charge in [0.05, 0.1) is 19.8 Å². The third kappa shape index (κ3) is 3.74. The SMILES string of the molecule is O=C(Cn1nnnc1CN1CCOCC1)N1CCNCC1. The van der Waals surface area contributed by atoms with Gasteiger partial charge in [-0.3, -0.25) is 9.69 Å². The third-order valence-corrected chi connectivity index (χ3v) is 3.83. The van der Waals surface area contributed by atoms with Gasteiger partial charge in [0.2, 0.25) is 5.91 Å². The van der Waals surface area contributed by atoms with Crippen molar-refractivity contribution < 1.29 is 9.53 Å². The zero-order valence-electron chi connectivity index (χ0n) is 12.1. The molecule has 9 heteroatoms. The number of nitrogens with one attached hydrogen (secondary N) is 1. The van der Waals surface area contributed by atoms with Crippen LogP contribution >= 0.6 is 0 Å². The molecule has 1 N–H and O–H groups in total. The molecular weight excluding hydrogens is 274 g/mol. The zero-order valence-corrected chi connectivity index (χ0v) is 12.1. The first-order valence-electron chi connectivity index (χ1n) is 7.36. The van der Waals surface area contributed by atoms with E-state index in [2.05, 4.69) is 25.7 Å². The molecule has 2 aliphatic heterocycles. The van der Waals surface area contributed by atoms with E-state index in [4.69, 9.17) is 4.74 Å². The van der Waals surface area contributed by atoms with Gasteiger partial charge in [-0.15, -0.1) is 5.10 Å². The second kappa shape index (κ2) is 6.92. The highest BCUT2D eigenvalue weighted by Crippen LogP contribution is 2.04. The van der Waals surface area contributed by atoms with Crippen molar-refractivity contribution in [2.45, 2.75) is 13.1 Å². The van der Waals surface area contributed by atoms with Gasteiger partial charge in [-0.05, 0) is 10.4 Å². The van der Waals surface area contributed by atoms with Gasteiger partial charge in [0.15, 0.2) is 5.82 Å². The van der Waals surface area contributed by atoms with Crippen LogP contribution in [-0.4, -0.2) is 88.4 Å². The largest absolute Gasteiger partial charge is 0.379 e. The van der Waals surface area contributed by atoms with E-state index in [9.17, 15) is 4.79 Å². The van der Waals surface area contributed by atoms with Crippen molar-refractivity contribution in [3.05, 3.63) is 5.82 Å². The highest BCUT2D eigenvalue weighted by Gasteiger charge is 2.20. The van der Waals surface area contributed by atoms with Crippen LogP contribution in [0.15, 0.2) is 0 Å². The Balaban J connectivity index is 1.57. The average Bonchev–Trinajstić information content (AvgIpc) is 2.96. The van der Waals surface area contributed by atoms with Crippen molar-refractivity contribution in [3.63, 3.8) is 0 Å². The maximum atomic E-state index is 12.3. The summed E-state index contributed by atoms with van der Waals surface area (Å²) in [5.74, 6) is 0.812. The van der Waals surface area contributed by atoms with Crippen LogP contribution < -0.4 is 5.32 Å². The molecule has 0 spiro atoms. The molecule has 3 rings (SSSR count). The molecule has 1 aromatic heterocycles. The zero-order chi connectivity index (χ0) is 14.5. The Labute approximate surface area is 123 Å². The minimum absolute atomic E-state index is 0.0760. The van der Waals surface area contributed by atoms with E-state index in [-0.39, 0.29) is 12.5 Å². The fourth-order valence-electron chi connectivity index (χ4n) is 2.56. The number of aromatic nitrogens is 4. The molecule has 0 unspecified atom stereocenters. The van der Waals surface area contributed by atoms with Gasteiger partial charge >= 0.3 is 0 Å². The molecule has 9 nitrogen and oxygen atoms in total. The normalized spacial score (nSPS) is 20.7. The predicted molar refractivity (Wildman–Crippen MR) is 73.4 cm³/mol. The van der Waals surface area contributed by atoms with E-state index >= 15 is 0 Å². The molecule has 1 amide bonds. The molecule has 3 heterocycles. The van der Waals surface area contributed by atoms with E-state index in [0.717, 1.165) is 58.3 Å². The summed E-state index contributed by atoms with van der Waals surface area (Å²) in [6.07, 6.45) is 0. The topological polar surface area (TPSA) is 88.4 Å². The summed E-state index contributed by atoms with van der Waals surface area (Å²) in [4.78, 5) is 16.4. The Morgan fingerprint density at radius 3 is 2.71 bits per heavy atom. The van der Waals surface area contributed by atoms with E-state index < -0.39 is 0 Å². The number of tetrazole rings is 1. The average molecular weight is 295 g/mol. The molecule has 0 saturated carbocycles. The van der Waals surface area contributed by atoms with E-state index in [1.54, 1.807) is 4.68 Å². The molecule has 116 valence electrons. The van der Waals surface area contributed by atoms with Crippen LogP contribution in [0.4, 0.5) is 0 Å². The molecule has 0 atom stereocenters. The molecule has 0 aliphatic carbocycles. The number of amides is 1. The third-order valence-electron chi connectivity index (χ3n) is 3.83. The number of carbonyl (C=O) groups is 1. The molecule has 2 aliphatic rings. The molecule has 0 radical (unpaired) electrons. The lowest BCUT2D eigenvalue weighted by Gasteiger charge is -2.28. The Bertz CT molecular complexity index is 466. The monoisotopic (exact) mass is 295 g/mol. The highest BCUT2D eigenvalue weighted by atomic mass is 16.5. The Morgan fingerprint density at radius 1 is 1.19 bits per heavy atom. The molecular formula is C12H21N7O2. The quantitative estimate of drug-likeness (QED) is 0.683. The molecule has 1 aromatic rings. The predicted octanol–water partition coefficient (Wildman–Crippen LogP) is -2.06. The summed E-state index contributed by atoms with van der Waals surface area (Å²) in [6.45, 7) is 7.29. The van der Waals surface area contributed by atoms with Gasteiger partial charge in [-0.2, -0.15) is 0 Å². The van der Waals surface area contributed by atoms with E-state index in [1.807, 2.05) is 4.90 Å². The number of morpholine rings is 1. The smallest absolute Gasteiger partial charge is 0.244 e. The van der Waals surface area contributed by atoms with Gasteiger partial charge in [-0.1, -0.05) is 0 Å². The maximum absolute atomic E-state index is 12.3. The van der Waals surface area contributed by atoms with Crippen LogP contribution in [0.25, 0.3) is 0 Å². The lowest BCUT2D eigenvalue weighted by molar-refractivity contribution is -0.132. The summed E-state index contributed by atoms with van der Waals surface area (Å²) >= 11 is 0. The maximum Gasteiger partial charge on any atom is 0.244 e. The van der Waals surface area contributed by atoms with Crippen molar-refractivity contribution in [2.24, 2.45) is 0 Å². The Kier molecular flexibility index (Phi) is 4.73. The van der Waals surface area contributed by atoms with Crippen LogP contribution in [0, 0.1) is 0 Å². The fourth-order valence-corrected chi connectivity index (χ4v) is 2.56. The van der Waals surface area contributed by atoms with Crippen LogP contribution in [-0.2, 0) is 22.6 Å². The number of hydrogen-bond acceptors (Lipinski definition) is 7. The minimum Gasteiger partial charge on any atom is -0.379 e. The highest BCUT2D eigenvalue weighted by molar-refractivity contribution is 5.76. The number of piperazine rings is 1. The Morgan fingerprint density at radius 2 is 1.95 bits per heavy atom. The first-order chi connectivity index (χ1) is 10.3. The standard InChI is InChI=1S/C12H21N7O2/c20-12(18-3-1-13-2-4-18)10-19-11(14-15-16-19)9-17-5-7-21-8-6-17/h13H,1-10H2. The van der Waals surface area contributed by atoms with Gasteiger partial charge in [-0.25, -0.2) is 4.68 Å². The van der Waals surface area contributed by atoms with Gasteiger partial charge in [0.1, 0.15) is 6.54 Å². The lowest BCUT2D eigenvalue weighted by atomic mass is 10.3. The summed E-state index contributed by atoms with van der Waals surface area (Å²) < 4.78 is 6.94. The van der Waals surface area contributed by atoms with Crippen LogP contribution in [0.2, 0.25) is 0 Å². The van der Waals surface area contributed by atoms with Crippen molar-refractivity contribution >= 4 is 5.91 Å². The van der Waals surface area contributed by atoms with Gasteiger partial charge in [0, 0.05) is 39.3 Å². The summed E-state index contributed by atoms with van der Waals surface area (Å²) in [7, 11) is 0. The number of rotatable bonds is 4. The van der Waals surface area contributed by atoms with Crippen LogP contribution in [0.3, 0.4) is 0 Å². The van der Waals surface area contributed by atoms with Crippen LogP contribution in [0.1, 0.15) is 5.82 Å². The van der Waals surface area contributed by atoms with Crippen molar-refractivity contribution in [3.8, 4) is 0 Å². The lowest BCUT2D eigenvalue weighted by Crippen LogP contribution is -2.47. The summed E-state index contributed by atoms with van der Waals surface area (Å²) in [6, 6.07) is 0. The van der Waals surface area contributed by atoms with Gasteiger partial charge < -0.3 is 15.0 Å². The first-order valence-corrected chi connectivity index (χ1v) is 7.36. The van der Waals surface area contributed by atoms with Crippen molar-refractivity contribution in [1.29, 1.82) is 0 Å². The summed E-state index contributed by atoms with van der Waals surface area (Å²) in [5.41, 5.74) is 0. The minimum atomic E-state index is 0.0760.